The lowest BCUT2D eigenvalue weighted by atomic mass is 10.0. The minimum absolute atomic E-state index is 0.0740. The summed E-state index contributed by atoms with van der Waals surface area (Å²) in [6, 6.07) is 0. The van der Waals surface area contributed by atoms with Crippen LogP contribution in [0, 0.1) is 0 Å². The van der Waals surface area contributed by atoms with Crippen LogP contribution < -0.4 is 0 Å². The third-order valence-corrected chi connectivity index (χ3v) is 12.5. The van der Waals surface area contributed by atoms with E-state index in [0.717, 1.165) is 96.3 Å². The first-order valence-corrected chi connectivity index (χ1v) is 28.6. The Kier molecular flexibility index (Phi) is 52.8. The largest absolute Gasteiger partial charge is 0.462 e. The summed E-state index contributed by atoms with van der Waals surface area (Å²) >= 11 is 0. The number of esters is 3. The van der Waals surface area contributed by atoms with Crippen molar-refractivity contribution >= 4 is 17.9 Å². The Morgan fingerprint density at radius 1 is 0.303 bits per heavy atom. The maximum absolute atomic E-state index is 12.7. The number of allylic oxidation sites excluding steroid dienone is 8. The Labute approximate surface area is 409 Å². The summed E-state index contributed by atoms with van der Waals surface area (Å²) in [7, 11) is 0. The zero-order chi connectivity index (χ0) is 47.9. The van der Waals surface area contributed by atoms with Gasteiger partial charge in [0, 0.05) is 19.3 Å². The molecular formula is C60H108O6. The summed E-state index contributed by atoms with van der Waals surface area (Å²) in [5, 5.41) is 0. The van der Waals surface area contributed by atoms with Gasteiger partial charge >= 0.3 is 17.9 Å². The van der Waals surface area contributed by atoms with Gasteiger partial charge in [-0.2, -0.15) is 0 Å². The molecule has 0 N–H and O–H groups in total. The molecule has 6 nitrogen and oxygen atoms in total. The van der Waals surface area contributed by atoms with Crippen molar-refractivity contribution in [1.29, 1.82) is 0 Å². The van der Waals surface area contributed by atoms with Gasteiger partial charge in [0.2, 0.25) is 0 Å². The highest BCUT2D eigenvalue weighted by Crippen LogP contribution is 2.16. The maximum atomic E-state index is 12.7. The van der Waals surface area contributed by atoms with Gasteiger partial charge in [0.15, 0.2) is 6.10 Å². The van der Waals surface area contributed by atoms with Crippen LogP contribution in [0.4, 0.5) is 0 Å². The van der Waals surface area contributed by atoms with Crippen LogP contribution in [0.25, 0.3) is 0 Å². The Morgan fingerprint density at radius 3 is 0.924 bits per heavy atom. The zero-order valence-electron chi connectivity index (χ0n) is 44.0. The van der Waals surface area contributed by atoms with E-state index < -0.39 is 6.10 Å². The second-order valence-corrected chi connectivity index (χ2v) is 19.2. The van der Waals surface area contributed by atoms with Gasteiger partial charge < -0.3 is 14.2 Å². The first-order valence-electron chi connectivity index (χ1n) is 28.6. The quantitative estimate of drug-likeness (QED) is 0.0262. The first-order chi connectivity index (χ1) is 32.5. The number of hydrogen-bond acceptors (Lipinski definition) is 6. The molecule has 0 aromatic rings. The monoisotopic (exact) mass is 925 g/mol. The summed E-state index contributed by atoms with van der Waals surface area (Å²) in [4.78, 5) is 37.6. The molecule has 1 atom stereocenters. The smallest absolute Gasteiger partial charge is 0.306 e. The molecule has 66 heavy (non-hydrogen) atoms. The van der Waals surface area contributed by atoms with Gasteiger partial charge in [-0.15, -0.1) is 0 Å². The van der Waals surface area contributed by atoms with E-state index in [9.17, 15) is 14.4 Å². The fraction of sp³-hybridized carbons (Fsp3) is 0.817. The number of rotatable bonds is 52. The standard InChI is InChI=1S/C60H108O6/c1-4-7-10-13-15-17-19-20-21-22-23-24-25-26-27-28-29-30-31-32-33-34-35-36-37-38-39-40-41-43-44-47-50-53-59(62)65-56-57(55-64-58(61)52-49-46-12-9-6-3)66-60(63)54-51-48-45-42-18-16-14-11-8-5-2/h11,14,19-20,22-23,25-26,57H,4-10,12-13,15-18,21,24,27-56H2,1-3H3/b14-11-,20-19-,23-22-,26-25-. The SMILES string of the molecule is CCC/C=C\CCCCCCCC(=O)OC(COC(=O)CCCCCCC)COC(=O)CCCCCCCCCCCCCCCCCCCC/C=C\C/C=C\C/C=C\CCCCCCC. The molecule has 0 saturated heterocycles. The normalized spacial score (nSPS) is 12.3. The average Bonchev–Trinajstić information content (AvgIpc) is 3.31. The molecule has 0 spiro atoms. The summed E-state index contributed by atoms with van der Waals surface area (Å²) in [5.41, 5.74) is 0. The van der Waals surface area contributed by atoms with Crippen LogP contribution in [-0.2, 0) is 28.6 Å². The van der Waals surface area contributed by atoms with Crippen LogP contribution in [0.1, 0.15) is 297 Å². The summed E-state index contributed by atoms with van der Waals surface area (Å²) in [6.45, 7) is 6.49. The minimum Gasteiger partial charge on any atom is -0.462 e. The van der Waals surface area contributed by atoms with Crippen molar-refractivity contribution in [2.45, 2.75) is 303 Å². The molecule has 0 aliphatic rings. The molecule has 0 aliphatic heterocycles. The van der Waals surface area contributed by atoms with Crippen LogP contribution in [0.5, 0.6) is 0 Å². The summed E-state index contributed by atoms with van der Waals surface area (Å²) < 4.78 is 16.6. The second-order valence-electron chi connectivity index (χ2n) is 19.2. The Bertz CT molecular complexity index is 1150. The lowest BCUT2D eigenvalue weighted by Gasteiger charge is -2.18. The molecule has 0 radical (unpaired) electrons. The molecule has 0 heterocycles. The molecule has 0 fully saturated rings. The third kappa shape index (κ3) is 52.3. The number of hydrogen-bond donors (Lipinski definition) is 0. The van der Waals surface area contributed by atoms with Crippen molar-refractivity contribution in [1.82, 2.24) is 0 Å². The number of carbonyl (C=O) groups is 3. The topological polar surface area (TPSA) is 78.9 Å². The van der Waals surface area contributed by atoms with Gasteiger partial charge in [-0.05, 0) is 77.0 Å². The third-order valence-electron chi connectivity index (χ3n) is 12.5. The number of unbranched alkanes of at least 4 members (excludes halogenated alkanes) is 33. The van der Waals surface area contributed by atoms with E-state index in [1.165, 1.54) is 161 Å². The van der Waals surface area contributed by atoms with E-state index in [0.29, 0.717) is 19.3 Å². The molecule has 0 rings (SSSR count). The molecule has 384 valence electrons. The minimum atomic E-state index is -0.769. The highest BCUT2D eigenvalue weighted by atomic mass is 16.6. The van der Waals surface area contributed by atoms with Crippen molar-refractivity contribution in [2.24, 2.45) is 0 Å². The van der Waals surface area contributed by atoms with Crippen molar-refractivity contribution in [3.05, 3.63) is 48.6 Å². The van der Waals surface area contributed by atoms with E-state index in [-0.39, 0.29) is 31.1 Å². The summed E-state index contributed by atoms with van der Waals surface area (Å²) in [6.07, 6.45) is 67.5. The van der Waals surface area contributed by atoms with E-state index in [1.54, 1.807) is 0 Å². The van der Waals surface area contributed by atoms with Gasteiger partial charge in [0.25, 0.3) is 0 Å². The van der Waals surface area contributed by atoms with Gasteiger partial charge in [-0.1, -0.05) is 249 Å². The molecule has 0 aromatic carbocycles. The Balaban J connectivity index is 3.85. The fourth-order valence-corrected chi connectivity index (χ4v) is 8.22. The highest BCUT2D eigenvalue weighted by molar-refractivity contribution is 5.71. The van der Waals surface area contributed by atoms with Crippen LogP contribution in [-0.4, -0.2) is 37.2 Å². The van der Waals surface area contributed by atoms with Gasteiger partial charge in [-0.25, -0.2) is 0 Å². The van der Waals surface area contributed by atoms with Crippen LogP contribution >= 0.6 is 0 Å². The van der Waals surface area contributed by atoms with Gasteiger partial charge in [-0.3, -0.25) is 14.4 Å². The predicted octanol–water partition coefficient (Wildman–Crippen LogP) is 19.0. The molecule has 1 unspecified atom stereocenters. The predicted molar refractivity (Wildman–Crippen MR) is 284 cm³/mol. The van der Waals surface area contributed by atoms with Gasteiger partial charge in [0.05, 0.1) is 0 Å². The first kappa shape index (κ1) is 63.4. The lowest BCUT2D eigenvalue weighted by molar-refractivity contribution is -0.167. The van der Waals surface area contributed by atoms with Crippen molar-refractivity contribution in [2.75, 3.05) is 13.2 Å². The number of carbonyl (C=O) groups excluding carboxylic acids is 3. The van der Waals surface area contributed by atoms with Crippen molar-refractivity contribution in [3.8, 4) is 0 Å². The molecular weight excluding hydrogens is 817 g/mol. The second kappa shape index (κ2) is 55.0. The molecule has 0 amide bonds. The van der Waals surface area contributed by atoms with E-state index in [4.69, 9.17) is 14.2 Å². The molecule has 6 heteroatoms. The van der Waals surface area contributed by atoms with Crippen LogP contribution in [0.15, 0.2) is 48.6 Å². The van der Waals surface area contributed by atoms with Crippen molar-refractivity contribution in [3.63, 3.8) is 0 Å². The average molecular weight is 926 g/mol. The van der Waals surface area contributed by atoms with Crippen LogP contribution in [0.2, 0.25) is 0 Å². The van der Waals surface area contributed by atoms with E-state index in [1.807, 2.05) is 0 Å². The molecule has 0 aromatic heterocycles. The van der Waals surface area contributed by atoms with E-state index in [2.05, 4.69) is 69.4 Å². The molecule has 0 aliphatic carbocycles. The fourth-order valence-electron chi connectivity index (χ4n) is 8.22. The summed E-state index contributed by atoms with van der Waals surface area (Å²) in [5.74, 6) is -0.892. The number of ether oxygens (including phenoxy) is 3. The zero-order valence-corrected chi connectivity index (χ0v) is 44.0. The van der Waals surface area contributed by atoms with Crippen molar-refractivity contribution < 1.29 is 28.6 Å². The van der Waals surface area contributed by atoms with Gasteiger partial charge in [0.1, 0.15) is 13.2 Å². The lowest BCUT2D eigenvalue weighted by Crippen LogP contribution is -2.30. The molecule has 0 bridgehead atoms. The van der Waals surface area contributed by atoms with Crippen LogP contribution in [0.3, 0.4) is 0 Å². The Morgan fingerprint density at radius 2 is 0.576 bits per heavy atom. The molecule has 0 saturated carbocycles. The highest BCUT2D eigenvalue weighted by Gasteiger charge is 2.19. The van der Waals surface area contributed by atoms with E-state index >= 15 is 0 Å². The maximum Gasteiger partial charge on any atom is 0.306 e. The Hall–Kier alpha value is -2.63.